The van der Waals surface area contributed by atoms with Gasteiger partial charge in [0, 0.05) is 18.7 Å². The molecule has 0 unspecified atom stereocenters. The smallest absolute Gasteiger partial charge is 0.348 e. The second kappa shape index (κ2) is 9.58. The highest BCUT2D eigenvalue weighted by Crippen LogP contribution is 2.35. The van der Waals surface area contributed by atoms with E-state index in [4.69, 9.17) is 14.2 Å². The Hall–Kier alpha value is -3.11. The summed E-state index contributed by atoms with van der Waals surface area (Å²) in [6.07, 6.45) is -1.00. The van der Waals surface area contributed by atoms with Gasteiger partial charge in [-0.05, 0) is 30.3 Å². The predicted octanol–water partition coefficient (Wildman–Crippen LogP) is 2.31. The fraction of sp³-hybridized carbons (Fsp3) is 0.364. The van der Waals surface area contributed by atoms with Gasteiger partial charge in [0.05, 0.1) is 26.5 Å². The van der Waals surface area contributed by atoms with E-state index in [1.54, 1.807) is 38.1 Å². The zero-order valence-electron chi connectivity index (χ0n) is 18.4. The molecule has 1 aliphatic heterocycles. The van der Waals surface area contributed by atoms with Gasteiger partial charge in [-0.2, -0.15) is 4.31 Å². The number of para-hydroxylation sites is 2. The van der Waals surface area contributed by atoms with Crippen molar-refractivity contribution in [2.75, 3.05) is 38.8 Å². The lowest BCUT2D eigenvalue weighted by Crippen LogP contribution is -2.47. The molecule has 1 atom stereocenters. The summed E-state index contributed by atoms with van der Waals surface area (Å²) in [6.45, 7) is 3.95. The average molecular weight is 463 g/mol. The van der Waals surface area contributed by atoms with E-state index in [-0.39, 0.29) is 35.8 Å². The normalized spacial score (nSPS) is 15.7. The quantitative estimate of drug-likeness (QED) is 0.582. The van der Waals surface area contributed by atoms with E-state index in [1.165, 1.54) is 41.6 Å². The molecule has 2 aromatic rings. The van der Waals surface area contributed by atoms with E-state index in [0.29, 0.717) is 11.4 Å². The first kappa shape index (κ1) is 23.6. The summed E-state index contributed by atoms with van der Waals surface area (Å²) in [5, 5.41) is 0. The molecule has 0 spiro atoms. The summed E-state index contributed by atoms with van der Waals surface area (Å²) >= 11 is 0. The summed E-state index contributed by atoms with van der Waals surface area (Å²) in [5.41, 5.74) is 0.610. The van der Waals surface area contributed by atoms with Crippen LogP contribution >= 0.6 is 0 Å². The molecule has 0 N–H and O–H groups in total. The lowest BCUT2D eigenvalue weighted by atomic mass is 10.1. The molecule has 0 saturated carbocycles. The Kier molecular flexibility index (Phi) is 7.05. The Morgan fingerprint density at radius 1 is 1.12 bits per heavy atom. The van der Waals surface area contributed by atoms with Crippen LogP contribution in [0, 0.1) is 0 Å². The molecule has 0 aromatic heterocycles. The first-order valence-electron chi connectivity index (χ1n) is 10.1. The topological polar surface area (TPSA) is 102 Å². The standard InChI is InChI=1S/C22H26N2O7S/c1-5-23(6-2)32(27,28)20-13-15(11-12-18(20)29-3)21(25)24-14-19(22(26)30-4)31-17-10-8-7-9-16(17)24/h7-13,19H,5-6,14H2,1-4H3/t19-/m0/s1. The van der Waals surface area contributed by atoms with Gasteiger partial charge in [0.1, 0.15) is 16.4 Å². The molecular weight excluding hydrogens is 436 g/mol. The number of hydrogen-bond acceptors (Lipinski definition) is 7. The van der Waals surface area contributed by atoms with E-state index in [2.05, 4.69) is 0 Å². The highest BCUT2D eigenvalue weighted by Gasteiger charge is 2.35. The van der Waals surface area contributed by atoms with Crippen molar-refractivity contribution in [2.24, 2.45) is 0 Å². The third-order valence-corrected chi connectivity index (χ3v) is 7.29. The number of benzene rings is 2. The Balaban J connectivity index is 2.07. The number of hydrogen-bond donors (Lipinski definition) is 0. The maximum Gasteiger partial charge on any atom is 0.348 e. The SMILES string of the molecule is CCN(CC)S(=O)(=O)c1cc(C(=O)N2C[C@@H](C(=O)OC)Oc3ccccc32)ccc1OC. The second-order valence-corrected chi connectivity index (χ2v) is 8.87. The Morgan fingerprint density at radius 2 is 1.81 bits per heavy atom. The molecule has 0 radical (unpaired) electrons. The molecule has 2 aromatic carbocycles. The van der Waals surface area contributed by atoms with Crippen molar-refractivity contribution in [2.45, 2.75) is 24.8 Å². The molecular formula is C22H26N2O7S. The van der Waals surface area contributed by atoms with Gasteiger partial charge < -0.3 is 19.1 Å². The van der Waals surface area contributed by atoms with Crippen molar-refractivity contribution in [3.63, 3.8) is 0 Å². The number of amides is 1. The summed E-state index contributed by atoms with van der Waals surface area (Å²) < 4.78 is 43.3. The third-order valence-electron chi connectivity index (χ3n) is 5.22. The Bertz CT molecular complexity index is 1110. The molecule has 1 amide bonds. The van der Waals surface area contributed by atoms with Crippen LogP contribution in [0.15, 0.2) is 47.4 Å². The van der Waals surface area contributed by atoms with Crippen molar-refractivity contribution in [1.29, 1.82) is 0 Å². The monoisotopic (exact) mass is 462 g/mol. The molecule has 172 valence electrons. The number of esters is 1. The molecule has 0 fully saturated rings. The molecule has 1 aliphatic rings. The summed E-state index contributed by atoms with van der Waals surface area (Å²) in [5.74, 6) is -0.597. The molecule has 3 rings (SSSR count). The fourth-order valence-corrected chi connectivity index (χ4v) is 5.19. The van der Waals surface area contributed by atoms with Gasteiger partial charge in [0.15, 0.2) is 0 Å². The number of nitrogens with zero attached hydrogens (tertiary/aromatic N) is 2. The van der Waals surface area contributed by atoms with Gasteiger partial charge >= 0.3 is 5.97 Å². The lowest BCUT2D eigenvalue weighted by molar-refractivity contribution is -0.148. The first-order chi connectivity index (χ1) is 15.3. The molecule has 32 heavy (non-hydrogen) atoms. The zero-order valence-corrected chi connectivity index (χ0v) is 19.2. The maximum absolute atomic E-state index is 13.5. The van der Waals surface area contributed by atoms with Crippen LogP contribution in [-0.2, 0) is 19.6 Å². The number of ether oxygens (including phenoxy) is 3. The van der Waals surface area contributed by atoms with Crippen molar-refractivity contribution in [3.05, 3.63) is 48.0 Å². The number of carbonyl (C=O) groups excluding carboxylic acids is 2. The van der Waals surface area contributed by atoms with Crippen LogP contribution in [0.25, 0.3) is 0 Å². The molecule has 0 saturated heterocycles. The van der Waals surface area contributed by atoms with Gasteiger partial charge in [-0.15, -0.1) is 0 Å². The predicted molar refractivity (Wildman–Crippen MR) is 118 cm³/mol. The number of fused-ring (bicyclic) bond motifs is 1. The third kappa shape index (κ3) is 4.28. The number of rotatable bonds is 7. The maximum atomic E-state index is 13.5. The van der Waals surface area contributed by atoms with Crippen LogP contribution < -0.4 is 14.4 Å². The highest BCUT2D eigenvalue weighted by molar-refractivity contribution is 7.89. The highest BCUT2D eigenvalue weighted by atomic mass is 32.2. The minimum absolute atomic E-state index is 0.0767. The number of anilines is 1. The van der Waals surface area contributed by atoms with Crippen molar-refractivity contribution in [3.8, 4) is 11.5 Å². The summed E-state index contributed by atoms with van der Waals surface area (Å²) in [6, 6.07) is 11.1. The van der Waals surface area contributed by atoms with Crippen molar-refractivity contribution < 1.29 is 32.2 Å². The summed E-state index contributed by atoms with van der Waals surface area (Å²) in [7, 11) is -1.27. The molecule has 0 aliphatic carbocycles. The minimum atomic E-state index is -3.88. The molecule has 0 bridgehead atoms. The van der Waals surface area contributed by atoms with Crippen molar-refractivity contribution >= 4 is 27.6 Å². The lowest BCUT2D eigenvalue weighted by Gasteiger charge is -2.33. The van der Waals surface area contributed by atoms with E-state index in [9.17, 15) is 18.0 Å². The van der Waals surface area contributed by atoms with Crippen LogP contribution in [0.5, 0.6) is 11.5 Å². The van der Waals surface area contributed by atoms with Crippen LogP contribution in [-0.4, -0.2) is 64.6 Å². The molecule has 1 heterocycles. The minimum Gasteiger partial charge on any atom is -0.495 e. The second-order valence-electron chi connectivity index (χ2n) is 6.97. The molecule has 10 heteroatoms. The van der Waals surface area contributed by atoms with Gasteiger partial charge in [-0.25, -0.2) is 13.2 Å². The van der Waals surface area contributed by atoms with Crippen LogP contribution in [0.3, 0.4) is 0 Å². The number of carbonyl (C=O) groups is 2. The first-order valence-corrected chi connectivity index (χ1v) is 11.6. The van der Waals surface area contributed by atoms with Gasteiger partial charge in [-0.1, -0.05) is 26.0 Å². The van der Waals surface area contributed by atoms with E-state index in [1.807, 2.05) is 0 Å². The fourth-order valence-electron chi connectivity index (χ4n) is 3.55. The summed E-state index contributed by atoms with van der Waals surface area (Å²) in [4.78, 5) is 26.9. The van der Waals surface area contributed by atoms with Gasteiger partial charge in [0.2, 0.25) is 16.1 Å². The van der Waals surface area contributed by atoms with E-state index in [0.717, 1.165) is 0 Å². The van der Waals surface area contributed by atoms with E-state index >= 15 is 0 Å². The van der Waals surface area contributed by atoms with Crippen molar-refractivity contribution in [1.82, 2.24) is 4.31 Å². The Labute approximate surface area is 187 Å². The van der Waals surface area contributed by atoms with E-state index < -0.39 is 28.0 Å². The molecule has 9 nitrogen and oxygen atoms in total. The number of methoxy groups -OCH3 is 2. The van der Waals surface area contributed by atoms with Crippen LogP contribution in [0.4, 0.5) is 5.69 Å². The van der Waals surface area contributed by atoms with Gasteiger partial charge in [-0.3, -0.25) is 4.79 Å². The number of sulfonamides is 1. The largest absolute Gasteiger partial charge is 0.495 e. The van der Waals surface area contributed by atoms with Gasteiger partial charge in [0.25, 0.3) is 5.91 Å². The van der Waals surface area contributed by atoms with Crippen LogP contribution in [0.1, 0.15) is 24.2 Å². The Morgan fingerprint density at radius 3 is 2.44 bits per heavy atom. The van der Waals surface area contributed by atoms with Crippen LogP contribution in [0.2, 0.25) is 0 Å². The average Bonchev–Trinajstić information content (AvgIpc) is 2.82. The zero-order chi connectivity index (χ0) is 23.5.